The number of ether oxygens (including phenoxy) is 3. The summed E-state index contributed by atoms with van der Waals surface area (Å²) in [7, 11) is 4.58. The number of methoxy groups -OCH3 is 3. The molecule has 1 atom stereocenters. The number of hydrogen-bond donors (Lipinski definition) is 0. The molecule has 0 saturated carbocycles. The van der Waals surface area contributed by atoms with Crippen molar-refractivity contribution < 1.29 is 23.4 Å². The lowest BCUT2D eigenvalue weighted by Crippen LogP contribution is -2.42. The van der Waals surface area contributed by atoms with Crippen LogP contribution in [-0.2, 0) is 4.79 Å². The standard InChI is InChI=1S/C28H27FN2O5S/c1-28(2)13-18-23(19(32)14-28)24(16-6-8-17(29)9-7-16)31-26(33)22(37-27(31)30-18)12-15-10-20(34-3)25(36-5)21(11-15)35-4/h6-12,24H,13-14H2,1-5H3. The van der Waals surface area contributed by atoms with Crippen LogP contribution >= 0.6 is 11.3 Å². The lowest BCUT2D eigenvalue weighted by molar-refractivity contribution is -0.118. The number of thiazole rings is 1. The van der Waals surface area contributed by atoms with Crippen molar-refractivity contribution in [3.05, 3.63) is 84.3 Å². The monoisotopic (exact) mass is 522 g/mol. The smallest absolute Gasteiger partial charge is 0.271 e. The van der Waals surface area contributed by atoms with Crippen molar-refractivity contribution in [3.8, 4) is 17.2 Å². The van der Waals surface area contributed by atoms with Crippen molar-refractivity contribution in [2.24, 2.45) is 10.4 Å². The summed E-state index contributed by atoms with van der Waals surface area (Å²) in [6.07, 6.45) is 2.71. The van der Waals surface area contributed by atoms with Gasteiger partial charge in [-0.05, 0) is 53.3 Å². The van der Waals surface area contributed by atoms with Gasteiger partial charge in [0.25, 0.3) is 5.56 Å². The molecule has 2 aliphatic rings. The Morgan fingerprint density at radius 2 is 1.68 bits per heavy atom. The number of Topliss-reactive ketones (excluding diaryl/α,β-unsaturated/α-hetero) is 1. The van der Waals surface area contributed by atoms with Crippen molar-refractivity contribution >= 4 is 23.2 Å². The van der Waals surface area contributed by atoms with Gasteiger partial charge in [0.15, 0.2) is 22.1 Å². The van der Waals surface area contributed by atoms with Gasteiger partial charge in [-0.2, -0.15) is 0 Å². The summed E-state index contributed by atoms with van der Waals surface area (Å²) in [5, 5.41) is 0. The zero-order chi connectivity index (χ0) is 26.5. The van der Waals surface area contributed by atoms with Gasteiger partial charge in [0.2, 0.25) is 5.75 Å². The first-order valence-corrected chi connectivity index (χ1v) is 12.6. The normalized spacial score (nSPS) is 18.7. The van der Waals surface area contributed by atoms with Crippen molar-refractivity contribution in [2.45, 2.75) is 32.7 Å². The summed E-state index contributed by atoms with van der Waals surface area (Å²) in [6, 6.07) is 8.79. The van der Waals surface area contributed by atoms with Crippen LogP contribution in [0.1, 0.15) is 43.9 Å². The van der Waals surface area contributed by atoms with E-state index in [4.69, 9.17) is 19.2 Å². The highest BCUT2D eigenvalue weighted by Crippen LogP contribution is 2.43. The summed E-state index contributed by atoms with van der Waals surface area (Å²) in [6.45, 7) is 4.08. The topological polar surface area (TPSA) is 79.1 Å². The van der Waals surface area contributed by atoms with E-state index in [0.29, 0.717) is 61.8 Å². The van der Waals surface area contributed by atoms with Crippen LogP contribution in [-0.4, -0.2) is 31.7 Å². The van der Waals surface area contributed by atoms with Crippen molar-refractivity contribution in [3.63, 3.8) is 0 Å². The highest BCUT2D eigenvalue weighted by atomic mass is 32.1. The van der Waals surface area contributed by atoms with Gasteiger partial charge in [0, 0.05) is 12.0 Å². The molecule has 0 fully saturated rings. The minimum absolute atomic E-state index is 0.0387. The predicted molar refractivity (Wildman–Crippen MR) is 139 cm³/mol. The van der Waals surface area contributed by atoms with E-state index in [1.165, 1.54) is 44.8 Å². The number of rotatable bonds is 5. The van der Waals surface area contributed by atoms with E-state index in [9.17, 15) is 14.0 Å². The molecule has 1 unspecified atom stereocenters. The maximum absolute atomic E-state index is 13.8. The second-order valence-electron chi connectivity index (χ2n) is 9.89. The van der Waals surface area contributed by atoms with E-state index in [2.05, 4.69) is 0 Å². The molecule has 2 heterocycles. The van der Waals surface area contributed by atoms with E-state index >= 15 is 0 Å². The maximum Gasteiger partial charge on any atom is 0.271 e. The Labute approximate surface area is 217 Å². The SMILES string of the molecule is COc1cc(C=c2sc3n(c2=O)C(c2ccc(F)cc2)C2=C(CC(C)(C)CC2=O)N=3)cc(OC)c1OC. The highest BCUT2D eigenvalue weighted by molar-refractivity contribution is 7.07. The van der Waals surface area contributed by atoms with Crippen LogP contribution < -0.4 is 29.1 Å². The largest absolute Gasteiger partial charge is 0.493 e. The molecule has 1 aliphatic carbocycles. The lowest BCUT2D eigenvalue weighted by atomic mass is 9.73. The van der Waals surface area contributed by atoms with Crippen LogP contribution in [0, 0.1) is 11.2 Å². The van der Waals surface area contributed by atoms with Gasteiger partial charge in [0.1, 0.15) is 5.82 Å². The second-order valence-corrected chi connectivity index (χ2v) is 10.9. The molecule has 1 aromatic heterocycles. The number of nitrogens with zero attached hydrogens (tertiary/aromatic N) is 2. The number of halogens is 1. The molecule has 3 aromatic rings. The zero-order valence-electron chi connectivity index (χ0n) is 21.3. The van der Waals surface area contributed by atoms with Crippen LogP contribution in [0.15, 0.2) is 57.5 Å². The van der Waals surface area contributed by atoms with Crippen LogP contribution in [0.4, 0.5) is 4.39 Å². The quantitative estimate of drug-likeness (QED) is 0.510. The third kappa shape index (κ3) is 4.37. The summed E-state index contributed by atoms with van der Waals surface area (Å²) < 4.78 is 32.1. The molecule has 0 radical (unpaired) electrons. The Kier molecular flexibility index (Phi) is 6.27. The van der Waals surface area contributed by atoms with Gasteiger partial charge in [-0.3, -0.25) is 14.2 Å². The fourth-order valence-electron chi connectivity index (χ4n) is 5.05. The average Bonchev–Trinajstić information content (AvgIpc) is 3.16. The van der Waals surface area contributed by atoms with Crippen LogP contribution in [0.2, 0.25) is 0 Å². The Morgan fingerprint density at radius 1 is 1.03 bits per heavy atom. The molecule has 9 heteroatoms. The molecule has 192 valence electrons. The van der Waals surface area contributed by atoms with Gasteiger partial charge in [-0.25, -0.2) is 9.38 Å². The molecule has 0 amide bonds. The molecule has 0 N–H and O–H groups in total. The predicted octanol–water partition coefficient (Wildman–Crippen LogP) is 3.77. The summed E-state index contributed by atoms with van der Waals surface area (Å²) in [5.74, 6) is 0.961. The van der Waals surface area contributed by atoms with Crippen LogP contribution in [0.25, 0.3) is 6.08 Å². The Morgan fingerprint density at radius 3 is 2.27 bits per heavy atom. The van der Waals surface area contributed by atoms with E-state index in [-0.39, 0.29) is 22.6 Å². The molecular weight excluding hydrogens is 495 g/mol. The Hall–Kier alpha value is -3.72. The third-order valence-corrected chi connectivity index (χ3v) is 7.65. The van der Waals surface area contributed by atoms with Crippen LogP contribution in [0.3, 0.4) is 0 Å². The summed E-state index contributed by atoms with van der Waals surface area (Å²) in [4.78, 5) is 32.5. The number of allylic oxidation sites excluding steroid dienone is 2. The van der Waals surface area contributed by atoms with Gasteiger partial charge < -0.3 is 14.2 Å². The summed E-state index contributed by atoms with van der Waals surface area (Å²) >= 11 is 1.25. The van der Waals surface area contributed by atoms with Gasteiger partial charge >= 0.3 is 0 Å². The molecule has 0 saturated heterocycles. The Bertz CT molecular complexity index is 1590. The van der Waals surface area contributed by atoms with Crippen molar-refractivity contribution in [1.29, 1.82) is 0 Å². The van der Waals surface area contributed by atoms with E-state index in [1.54, 1.807) is 34.9 Å². The number of hydrogen-bond acceptors (Lipinski definition) is 7. The lowest BCUT2D eigenvalue weighted by Gasteiger charge is -2.35. The number of aromatic nitrogens is 1. The first-order chi connectivity index (χ1) is 17.7. The number of carbonyl (C=O) groups is 1. The van der Waals surface area contributed by atoms with Crippen molar-refractivity contribution in [1.82, 2.24) is 4.57 Å². The minimum atomic E-state index is -0.669. The molecular formula is C28H27FN2O5S. The van der Waals surface area contributed by atoms with Crippen LogP contribution in [0.5, 0.6) is 17.2 Å². The number of fused-ring (bicyclic) bond motifs is 1. The molecule has 2 aromatic carbocycles. The molecule has 7 nitrogen and oxygen atoms in total. The molecule has 37 heavy (non-hydrogen) atoms. The Balaban J connectivity index is 1.74. The minimum Gasteiger partial charge on any atom is -0.493 e. The first kappa shape index (κ1) is 25.0. The average molecular weight is 523 g/mol. The van der Waals surface area contributed by atoms with E-state index < -0.39 is 6.04 Å². The highest BCUT2D eigenvalue weighted by Gasteiger charge is 2.40. The van der Waals surface area contributed by atoms with Gasteiger partial charge in [-0.15, -0.1) is 0 Å². The molecule has 0 bridgehead atoms. The molecule has 5 rings (SSSR count). The van der Waals surface area contributed by atoms with Gasteiger partial charge in [-0.1, -0.05) is 37.3 Å². The first-order valence-electron chi connectivity index (χ1n) is 11.8. The fraction of sp³-hybridized carbons (Fsp3) is 0.321. The fourth-order valence-corrected chi connectivity index (χ4v) is 6.07. The number of ketones is 1. The van der Waals surface area contributed by atoms with Crippen molar-refractivity contribution in [2.75, 3.05) is 21.3 Å². The maximum atomic E-state index is 13.8. The summed E-state index contributed by atoms with van der Waals surface area (Å²) in [5.41, 5.74) is 2.03. The third-order valence-electron chi connectivity index (χ3n) is 6.67. The van der Waals surface area contributed by atoms with E-state index in [0.717, 1.165) is 0 Å². The molecule has 1 aliphatic heterocycles. The zero-order valence-corrected chi connectivity index (χ0v) is 22.1. The number of carbonyl (C=O) groups excluding carboxylic acids is 1. The van der Waals surface area contributed by atoms with E-state index in [1.807, 2.05) is 13.8 Å². The molecule has 0 spiro atoms. The number of benzene rings is 2. The second kappa shape index (κ2) is 9.30. The van der Waals surface area contributed by atoms with Gasteiger partial charge in [0.05, 0.1) is 37.6 Å².